The summed E-state index contributed by atoms with van der Waals surface area (Å²) in [7, 11) is 0. The number of carbonyl (C=O) groups is 2. The van der Waals surface area contributed by atoms with E-state index in [1.165, 1.54) is 12.1 Å². The number of hydrogen-bond acceptors (Lipinski definition) is 3. The number of anilines is 1. The number of halogens is 3. The van der Waals surface area contributed by atoms with Gasteiger partial charge < -0.3 is 5.11 Å². The summed E-state index contributed by atoms with van der Waals surface area (Å²) in [5.41, 5.74) is 0.675. The molecule has 2 aromatic carbocycles. The monoisotopic (exact) mass is 493 g/mol. The van der Waals surface area contributed by atoms with Gasteiger partial charge in [0.15, 0.2) is 11.5 Å². The van der Waals surface area contributed by atoms with Gasteiger partial charge in [-0.05, 0) is 48.7 Å². The molecule has 1 saturated carbocycles. The lowest BCUT2D eigenvalue weighted by Gasteiger charge is -2.27. The van der Waals surface area contributed by atoms with Crippen molar-refractivity contribution in [3.63, 3.8) is 0 Å². The first kappa shape index (κ1) is 18.4. The normalized spacial score (nSPS) is 19.7. The Hall–Kier alpha value is -1.99. The Morgan fingerprint density at radius 3 is 2.44 bits per heavy atom. The van der Waals surface area contributed by atoms with Crippen LogP contribution in [0, 0.1) is 11.7 Å². The molecule has 0 bridgehead atoms. The largest absolute Gasteiger partial charge is 0.503 e. The predicted molar refractivity (Wildman–Crippen MR) is 106 cm³/mol. The third kappa shape index (κ3) is 3.23. The number of Topliss-reactive ketones (excluding diaryl/α,β-unsaturated/α-hetero) is 1. The third-order valence-electron chi connectivity index (χ3n) is 4.76. The molecule has 1 aliphatic heterocycles. The van der Waals surface area contributed by atoms with Gasteiger partial charge in [-0.15, -0.1) is 0 Å². The standard InChI is InChI=1S/C20H14Br2FNO3/c21-12-3-1-2-11(8-12)17-16(18(25)10-4-5-10)19(26)20(27)24(17)15-7-6-13(22)9-14(15)23/h1-3,6-10,17,26H,4-5H2. The van der Waals surface area contributed by atoms with E-state index in [1.54, 1.807) is 24.3 Å². The second-order valence-electron chi connectivity index (χ2n) is 6.63. The quantitative estimate of drug-likeness (QED) is 0.633. The second kappa shape index (κ2) is 6.87. The second-order valence-corrected chi connectivity index (χ2v) is 8.46. The Morgan fingerprint density at radius 1 is 1.11 bits per heavy atom. The fraction of sp³-hybridized carbons (Fsp3) is 0.200. The minimum absolute atomic E-state index is 0.0123. The average molecular weight is 495 g/mol. The topological polar surface area (TPSA) is 57.6 Å². The first-order valence-corrected chi connectivity index (χ1v) is 9.98. The third-order valence-corrected chi connectivity index (χ3v) is 5.74. The van der Waals surface area contributed by atoms with Crippen LogP contribution in [0.4, 0.5) is 10.1 Å². The Kier molecular flexibility index (Phi) is 4.68. The van der Waals surface area contributed by atoms with Gasteiger partial charge in [0.2, 0.25) is 0 Å². The van der Waals surface area contributed by atoms with Gasteiger partial charge in [0.05, 0.1) is 17.3 Å². The van der Waals surface area contributed by atoms with E-state index in [2.05, 4.69) is 31.9 Å². The highest BCUT2D eigenvalue weighted by molar-refractivity contribution is 9.10. The number of aliphatic hydroxyl groups is 1. The molecular weight excluding hydrogens is 481 g/mol. The van der Waals surface area contributed by atoms with Gasteiger partial charge in [-0.2, -0.15) is 0 Å². The van der Waals surface area contributed by atoms with Crippen LogP contribution >= 0.6 is 31.9 Å². The summed E-state index contributed by atoms with van der Waals surface area (Å²) in [6.07, 6.45) is 1.48. The number of ketones is 1. The highest BCUT2D eigenvalue weighted by Gasteiger charge is 2.48. The molecule has 138 valence electrons. The predicted octanol–water partition coefficient (Wildman–Crippen LogP) is 5.23. The lowest BCUT2D eigenvalue weighted by Crippen LogP contribution is -2.32. The Labute approximate surface area is 171 Å². The molecule has 2 aromatic rings. The SMILES string of the molecule is O=C(C1=C(O)C(=O)N(c2ccc(Br)cc2F)C1c1cccc(Br)c1)C1CC1. The van der Waals surface area contributed by atoms with Crippen LogP contribution in [0.1, 0.15) is 24.4 Å². The van der Waals surface area contributed by atoms with E-state index in [4.69, 9.17) is 0 Å². The maximum Gasteiger partial charge on any atom is 0.294 e. The van der Waals surface area contributed by atoms with Crippen molar-refractivity contribution in [3.8, 4) is 0 Å². The van der Waals surface area contributed by atoms with E-state index < -0.39 is 23.5 Å². The smallest absolute Gasteiger partial charge is 0.294 e. The molecular formula is C20H14Br2FNO3. The van der Waals surface area contributed by atoms with Crippen molar-refractivity contribution in [2.45, 2.75) is 18.9 Å². The molecule has 2 aliphatic rings. The zero-order valence-corrected chi connectivity index (χ0v) is 17.1. The molecule has 1 N–H and O–H groups in total. The van der Waals surface area contributed by atoms with Gasteiger partial charge in [0.1, 0.15) is 5.82 Å². The summed E-state index contributed by atoms with van der Waals surface area (Å²) in [5, 5.41) is 10.5. The van der Waals surface area contributed by atoms with E-state index in [-0.39, 0.29) is 23.0 Å². The van der Waals surface area contributed by atoms with E-state index in [9.17, 15) is 19.1 Å². The highest BCUT2D eigenvalue weighted by Crippen LogP contribution is 2.46. The van der Waals surface area contributed by atoms with Crippen LogP contribution in [0.3, 0.4) is 0 Å². The minimum atomic E-state index is -0.876. The van der Waals surface area contributed by atoms with Crippen molar-refractivity contribution in [2.75, 3.05) is 4.90 Å². The maximum atomic E-state index is 14.7. The minimum Gasteiger partial charge on any atom is -0.503 e. The van der Waals surface area contributed by atoms with Gasteiger partial charge in [-0.3, -0.25) is 14.5 Å². The van der Waals surface area contributed by atoms with Gasteiger partial charge in [-0.1, -0.05) is 44.0 Å². The van der Waals surface area contributed by atoms with Crippen molar-refractivity contribution >= 4 is 49.2 Å². The lowest BCUT2D eigenvalue weighted by molar-refractivity contribution is -0.118. The van der Waals surface area contributed by atoms with E-state index >= 15 is 0 Å². The van der Waals surface area contributed by atoms with Gasteiger partial charge in [0, 0.05) is 14.9 Å². The molecule has 1 fully saturated rings. The highest BCUT2D eigenvalue weighted by atomic mass is 79.9. The maximum absolute atomic E-state index is 14.7. The number of carbonyl (C=O) groups excluding carboxylic acids is 2. The van der Waals surface area contributed by atoms with Crippen LogP contribution in [-0.2, 0) is 9.59 Å². The summed E-state index contributed by atoms with van der Waals surface area (Å²) in [6.45, 7) is 0. The first-order valence-electron chi connectivity index (χ1n) is 8.40. The molecule has 1 atom stereocenters. The van der Waals surface area contributed by atoms with Crippen LogP contribution in [0.15, 0.2) is 62.7 Å². The van der Waals surface area contributed by atoms with Crippen molar-refractivity contribution < 1.29 is 19.1 Å². The van der Waals surface area contributed by atoms with E-state index in [0.29, 0.717) is 10.0 Å². The lowest BCUT2D eigenvalue weighted by atomic mass is 9.94. The van der Waals surface area contributed by atoms with E-state index in [1.807, 2.05) is 6.07 Å². The van der Waals surface area contributed by atoms with Gasteiger partial charge in [0.25, 0.3) is 5.91 Å². The van der Waals surface area contributed by atoms with Gasteiger partial charge >= 0.3 is 0 Å². The van der Waals surface area contributed by atoms with Crippen LogP contribution < -0.4 is 4.90 Å². The number of nitrogens with zero attached hydrogens (tertiary/aromatic N) is 1. The molecule has 27 heavy (non-hydrogen) atoms. The van der Waals surface area contributed by atoms with E-state index in [0.717, 1.165) is 22.2 Å². The summed E-state index contributed by atoms with van der Waals surface area (Å²) in [5.74, 6) is -2.42. The number of amides is 1. The zero-order chi connectivity index (χ0) is 19.3. The Morgan fingerprint density at radius 2 is 1.81 bits per heavy atom. The zero-order valence-electron chi connectivity index (χ0n) is 14.0. The molecule has 0 spiro atoms. The molecule has 1 unspecified atom stereocenters. The molecule has 4 nitrogen and oxygen atoms in total. The summed E-state index contributed by atoms with van der Waals surface area (Å²) >= 11 is 6.59. The summed E-state index contributed by atoms with van der Waals surface area (Å²) < 4.78 is 15.9. The molecule has 0 saturated heterocycles. The summed E-state index contributed by atoms with van der Waals surface area (Å²) in [6, 6.07) is 10.6. The number of benzene rings is 2. The Bertz CT molecular complexity index is 1000. The first-order chi connectivity index (χ1) is 12.9. The molecule has 1 heterocycles. The fourth-order valence-corrected chi connectivity index (χ4v) is 4.09. The fourth-order valence-electron chi connectivity index (χ4n) is 3.34. The average Bonchev–Trinajstić information content (AvgIpc) is 3.43. The van der Waals surface area contributed by atoms with Crippen LogP contribution in [-0.4, -0.2) is 16.8 Å². The van der Waals surface area contributed by atoms with Gasteiger partial charge in [-0.25, -0.2) is 4.39 Å². The van der Waals surface area contributed by atoms with Crippen LogP contribution in [0.5, 0.6) is 0 Å². The Balaban J connectivity index is 1.89. The molecule has 0 aromatic heterocycles. The molecule has 7 heteroatoms. The number of hydrogen-bond donors (Lipinski definition) is 1. The molecule has 1 amide bonds. The number of rotatable bonds is 4. The molecule has 4 rings (SSSR count). The molecule has 0 radical (unpaired) electrons. The van der Waals surface area contributed by atoms with Crippen molar-refractivity contribution in [2.24, 2.45) is 5.92 Å². The van der Waals surface area contributed by atoms with Crippen molar-refractivity contribution in [3.05, 3.63) is 74.1 Å². The van der Waals surface area contributed by atoms with Crippen LogP contribution in [0.2, 0.25) is 0 Å². The number of aliphatic hydroxyl groups excluding tert-OH is 1. The van der Waals surface area contributed by atoms with Crippen molar-refractivity contribution in [1.82, 2.24) is 0 Å². The van der Waals surface area contributed by atoms with Crippen molar-refractivity contribution in [1.29, 1.82) is 0 Å². The molecule has 1 aliphatic carbocycles. The van der Waals surface area contributed by atoms with Crippen LogP contribution in [0.25, 0.3) is 0 Å². The summed E-state index contributed by atoms with van der Waals surface area (Å²) in [4.78, 5) is 26.8.